The second-order valence-electron chi connectivity index (χ2n) is 11.7. The fourth-order valence-corrected chi connectivity index (χ4v) is 4.97. The van der Waals surface area contributed by atoms with Gasteiger partial charge in [-0.1, -0.05) is 74.6 Å². The molecule has 9 nitrogen and oxygen atoms in total. The molecule has 0 heterocycles. The van der Waals surface area contributed by atoms with Gasteiger partial charge in [0.25, 0.3) is 5.91 Å². The zero-order valence-corrected chi connectivity index (χ0v) is 27.4. The highest BCUT2D eigenvalue weighted by molar-refractivity contribution is 5.97. The van der Waals surface area contributed by atoms with Crippen LogP contribution in [0.15, 0.2) is 97.1 Å². The molecule has 9 heteroatoms. The van der Waals surface area contributed by atoms with Gasteiger partial charge in [-0.3, -0.25) is 14.4 Å². The van der Waals surface area contributed by atoms with Gasteiger partial charge in [0.1, 0.15) is 18.0 Å². The van der Waals surface area contributed by atoms with Crippen LogP contribution in [0, 0.1) is 6.92 Å². The Morgan fingerprint density at radius 3 is 1.96 bits per heavy atom. The van der Waals surface area contributed by atoms with Crippen LogP contribution in [0.3, 0.4) is 0 Å². The molecule has 250 valence electrons. The first-order chi connectivity index (χ1) is 23.2. The molecule has 0 aliphatic carbocycles. The molecule has 0 aromatic heterocycles. The Kier molecular flexibility index (Phi) is 13.3. The molecule has 0 radical (unpaired) electrons. The largest absolute Gasteiger partial charge is 0.494 e. The second-order valence-corrected chi connectivity index (χ2v) is 11.7. The highest BCUT2D eigenvalue weighted by atomic mass is 16.5. The van der Waals surface area contributed by atoms with E-state index in [2.05, 4.69) is 12.2 Å². The van der Waals surface area contributed by atoms with Gasteiger partial charge in [-0.15, -0.1) is 0 Å². The number of benzene rings is 4. The van der Waals surface area contributed by atoms with Crippen LogP contribution in [-0.2, 0) is 22.6 Å². The minimum atomic E-state index is -1.16. The lowest BCUT2D eigenvalue weighted by Crippen LogP contribution is -2.35. The molecule has 0 atom stereocenters. The third-order valence-electron chi connectivity index (χ3n) is 7.63. The third-order valence-corrected chi connectivity index (χ3v) is 7.63. The van der Waals surface area contributed by atoms with Crippen LogP contribution in [0.1, 0.15) is 76.4 Å². The van der Waals surface area contributed by atoms with Crippen LogP contribution in [-0.4, -0.2) is 46.9 Å². The molecule has 2 amide bonds. The summed E-state index contributed by atoms with van der Waals surface area (Å²) >= 11 is 0. The van der Waals surface area contributed by atoms with E-state index in [1.165, 1.54) is 24.2 Å². The number of amides is 2. The number of ether oxygens (including phenoxy) is 2. The number of aryl methyl sites for hydroxylation is 1. The minimum absolute atomic E-state index is 0.0223. The van der Waals surface area contributed by atoms with Gasteiger partial charge in [0.2, 0.25) is 5.91 Å². The van der Waals surface area contributed by atoms with Crippen LogP contribution in [0.2, 0.25) is 0 Å². The molecule has 0 aliphatic rings. The van der Waals surface area contributed by atoms with Gasteiger partial charge in [0.05, 0.1) is 18.6 Å². The molecule has 48 heavy (non-hydrogen) atoms. The normalized spacial score (nSPS) is 10.6. The van der Waals surface area contributed by atoms with Gasteiger partial charge in [-0.05, 0) is 85.1 Å². The summed E-state index contributed by atoms with van der Waals surface area (Å²) in [5.41, 5.74) is 3.84. The number of aliphatic carboxylic acids is 1. The number of nitrogens with zero attached hydrogens (tertiary/aromatic N) is 1. The van der Waals surface area contributed by atoms with E-state index in [4.69, 9.17) is 9.47 Å². The number of carboxylic acid groups (broad SMARTS) is 1. The van der Waals surface area contributed by atoms with Gasteiger partial charge in [-0.25, -0.2) is 4.79 Å². The van der Waals surface area contributed by atoms with Crippen molar-refractivity contribution in [3.05, 3.63) is 125 Å². The van der Waals surface area contributed by atoms with Gasteiger partial charge in [-0.2, -0.15) is 0 Å². The average Bonchev–Trinajstić information content (AvgIpc) is 3.08. The summed E-state index contributed by atoms with van der Waals surface area (Å²) in [5, 5.41) is 12.3. The lowest BCUT2D eigenvalue weighted by molar-refractivity contribution is -0.137. The topological polar surface area (TPSA) is 122 Å². The van der Waals surface area contributed by atoms with E-state index in [-0.39, 0.29) is 24.4 Å². The highest BCUT2D eigenvalue weighted by Crippen LogP contribution is 2.20. The molecule has 4 rings (SSSR count). The number of rotatable bonds is 17. The summed E-state index contributed by atoms with van der Waals surface area (Å²) < 4.78 is 11.3. The molecule has 0 aliphatic heterocycles. The summed E-state index contributed by atoms with van der Waals surface area (Å²) in [4.78, 5) is 51.3. The Labute approximate surface area is 281 Å². The fraction of sp³-hybridized carbons (Fsp3) is 0.282. The predicted molar refractivity (Wildman–Crippen MR) is 184 cm³/mol. The minimum Gasteiger partial charge on any atom is -0.494 e. The first-order valence-electron chi connectivity index (χ1n) is 16.2. The average molecular weight is 651 g/mol. The van der Waals surface area contributed by atoms with E-state index in [1.54, 1.807) is 72.8 Å². The summed E-state index contributed by atoms with van der Waals surface area (Å²) in [6.45, 7) is 4.31. The van der Waals surface area contributed by atoms with E-state index in [0.717, 1.165) is 24.0 Å². The number of carbonyl (C=O) groups excluding carboxylic acids is 3. The molecule has 0 unspecified atom stereocenters. The van der Waals surface area contributed by atoms with Gasteiger partial charge in [0.15, 0.2) is 0 Å². The lowest BCUT2D eigenvalue weighted by Gasteiger charge is -2.21. The van der Waals surface area contributed by atoms with Crippen LogP contribution in [0.5, 0.6) is 11.5 Å². The number of hydrogen-bond acceptors (Lipinski definition) is 6. The summed E-state index contributed by atoms with van der Waals surface area (Å²) in [7, 11) is 0. The molecule has 0 bridgehead atoms. The van der Waals surface area contributed by atoms with E-state index in [9.17, 15) is 24.3 Å². The molecule has 0 fully saturated rings. The maximum Gasteiger partial charge on any atom is 0.343 e. The Balaban J connectivity index is 1.29. The number of esters is 1. The van der Waals surface area contributed by atoms with Crippen molar-refractivity contribution >= 4 is 29.4 Å². The Morgan fingerprint density at radius 1 is 0.708 bits per heavy atom. The Morgan fingerprint density at radius 2 is 1.31 bits per heavy atom. The van der Waals surface area contributed by atoms with Crippen LogP contribution in [0.4, 0.5) is 5.69 Å². The third kappa shape index (κ3) is 11.4. The molecular weight excluding hydrogens is 608 g/mol. The van der Waals surface area contributed by atoms with Crippen molar-refractivity contribution in [2.75, 3.05) is 18.5 Å². The molecule has 2 N–H and O–H groups in total. The second kappa shape index (κ2) is 18.0. The summed E-state index contributed by atoms with van der Waals surface area (Å²) in [6.07, 6.45) is 5.98. The fourth-order valence-electron chi connectivity index (χ4n) is 4.97. The van der Waals surface area contributed by atoms with E-state index in [0.29, 0.717) is 34.9 Å². The number of carbonyl (C=O) groups is 4. The van der Waals surface area contributed by atoms with Crippen molar-refractivity contribution in [3.8, 4) is 11.5 Å². The van der Waals surface area contributed by atoms with Gasteiger partial charge >= 0.3 is 11.9 Å². The Bertz CT molecular complexity index is 1650. The molecule has 0 spiro atoms. The van der Waals surface area contributed by atoms with E-state index < -0.39 is 24.4 Å². The summed E-state index contributed by atoms with van der Waals surface area (Å²) in [5.74, 6) is -1.33. The quantitative estimate of drug-likeness (QED) is 0.0691. The zero-order valence-electron chi connectivity index (χ0n) is 27.4. The number of unbranched alkanes of at least 4 members (excludes halogenated alkanes) is 4. The molecule has 4 aromatic carbocycles. The van der Waals surface area contributed by atoms with Crippen molar-refractivity contribution in [3.63, 3.8) is 0 Å². The Hall–Kier alpha value is -5.44. The van der Waals surface area contributed by atoms with Gasteiger partial charge in [0, 0.05) is 17.8 Å². The molecule has 0 saturated carbocycles. The van der Waals surface area contributed by atoms with E-state index in [1.807, 2.05) is 31.2 Å². The zero-order chi connectivity index (χ0) is 34.3. The van der Waals surface area contributed by atoms with Crippen molar-refractivity contribution in [2.24, 2.45) is 0 Å². The van der Waals surface area contributed by atoms with Crippen molar-refractivity contribution < 1.29 is 33.8 Å². The van der Waals surface area contributed by atoms with Crippen LogP contribution in [0.25, 0.3) is 0 Å². The molecule has 0 saturated heterocycles. The lowest BCUT2D eigenvalue weighted by atomic mass is 10.1. The summed E-state index contributed by atoms with van der Waals surface area (Å²) in [6, 6.07) is 27.4. The number of anilines is 1. The highest BCUT2D eigenvalue weighted by Gasteiger charge is 2.20. The smallest absolute Gasteiger partial charge is 0.343 e. The van der Waals surface area contributed by atoms with Crippen LogP contribution < -0.4 is 14.8 Å². The monoisotopic (exact) mass is 650 g/mol. The maximum absolute atomic E-state index is 13.3. The maximum atomic E-state index is 13.3. The number of hydrogen-bond donors (Lipinski definition) is 2. The van der Waals surface area contributed by atoms with Gasteiger partial charge < -0.3 is 24.8 Å². The SMILES string of the molecule is CCCCCCCOc1ccc(C(=O)Oc2ccc(CN(CC(=O)O)C(=O)c3ccc(NC(=O)Cc4ccc(C)cc4)cc3)cc2)cc1. The number of carboxylic acids is 1. The standard InChI is InChI=1S/C39H42N2O7/c1-3-4-5-6-7-24-47-34-22-16-32(17-23-34)39(46)48-35-20-12-30(13-21-35)26-41(27-37(43)44)38(45)31-14-18-33(19-15-31)40-36(42)25-29-10-8-28(2)9-11-29/h8-23H,3-7,24-27H2,1-2H3,(H,40,42)(H,43,44). The van der Waals surface area contributed by atoms with Crippen molar-refractivity contribution in [1.29, 1.82) is 0 Å². The first kappa shape index (κ1) is 35.4. The van der Waals surface area contributed by atoms with Crippen LogP contribution >= 0.6 is 0 Å². The molecular formula is C39H42N2O7. The number of nitrogens with one attached hydrogen (secondary N) is 1. The molecule has 4 aromatic rings. The predicted octanol–water partition coefficient (Wildman–Crippen LogP) is 7.47. The van der Waals surface area contributed by atoms with E-state index >= 15 is 0 Å². The van der Waals surface area contributed by atoms with Crippen molar-refractivity contribution in [1.82, 2.24) is 4.90 Å². The first-order valence-corrected chi connectivity index (χ1v) is 16.2. The van der Waals surface area contributed by atoms with Crippen molar-refractivity contribution in [2.45, 2.75) is 58.9 Å².